The van der Waals surface area contributed by atoms with Crippen LogP contribution in [0.2, 0.25) is 0 Å². The van der Waals surface area contributed by atoms with Gasteiger partial charge in [0.2, 0.25) is 0 Å². The van der Waals surface area contributed by atoms with Crippen LogP contribution in [0.15, 0.2) is 53.7 Å². The molecule has 0 aromatic heterocycles. The van der Waals surface area contributed by atoms with E-state index in [1.807, 2.05) is 24.3 Å². The summed E-state index contributed by atoms with van der Waals surface area (Å²) >= 11 is -0.00398. The van der Waals surface area contributed by atoms with Crippen LogP contribution in [0.5, 0.6) is 0 Å². The van der Waals surface area contributed by atoms with E-state index in [1.165, 1.54) is 13.8 Å². The number of Topliss-reactive ketones (excluding diaryl/α,β-unsaturated/α-hetero) is 1. The standard InChI is InChI=1S/C20H19NO6Se/c1-13(21-27-14(2)23)19(24)15-3-7-17(8-4-15)28-18-9-5-16(6-10-18)20(25)26-12-11-22/h3-10,22H,11-12H2,1-2H3/b21-13+. The second kappa shape index (κ2) is 10.5. The predicted octanol–water partition coefficient (Wildman–Crippen LogP) is 0.612. The molecule has 0 aliphatic carbocycles. The zero-order valence-corrected chi connectivity index (χ0v) is 17.1. The molecule has 0 saturated heterocycles. The third kappa shape index (κ3) is 6.42. The van der Waals surface area contributed by atoms with Gasteiger partial charge in [-0.3, -0.25) is 0 Å². The monoisotopic (exact) mass is 449 g/mol. The average Bonchev–Trinajstić information content (AvgIpc) is 2.70. The number of carbonyl (C=O) groups excluding carboxylic acids is 3. The number of hydrogen-bond donors (Lipinski definition) is 1. The minimum absolute atomic E-state index is 0.00398. The van der Waals surface area contributed by atoms with Crippen LogP contribution in [0.25, 0.3) is 0 Å². The molecule has 0 atom stereocenters. The minimum atomic E-state index is -0.585. The van der Waals surface area contributed by atoms with Gasteiger partial charge in [0.15, 0.2) is 0 Å². The van der Waals surface area contributed by atoms with Crippen molar-refractivity contribution in [1.82, 2.24) is 0 Å². The van der Waals surface area contributed by atoms with Crippen LogP contribution in [0.1, 0.15) is 34.6 Å². The van der Waals surface area contributed by atoms with Gasteiger partial charge in [-0.25, -0.2) is 0 Å². The van der Waals surface area contributed by atoms with Gasteiger partial charge in [0.05, 0.1) is 0 Å². The first kappa shape index (κ1) is 21.5. The van der Waals surface area contributed by atoms with Crippen molar-refractivity contribution in [2.24, 2.45) is 5.16 Å². The molecular weight excluding hydrogens is 429 g/mol. The zero-order chi connectivity index (χ0) is 20.5. The summed E-state index contributed by atoms with van der Waals surface area (Å²) in [5.74, 6) is -1.37. The van der Waals surface area contributed by atoms with E-state index in [0.717, 1.165) is 8.92 Å². The number of aliphatic hydroxyl groups excluding tert-OH is 1. The molecule has 8 heteroatoms. The molecule has 1 N–H and O–H groups in total. The van der Waals surface area contributed by atoms with Gasteiger partial charge >= 0.3 is 168 Å². The number of hydrogen-bond acceptors (Lipinski definition) is 7. The maximum atomic E-state index is 12.2. The van der Waals surface area contributed by atoms with Crippen LogP contribution in [-0.4, -0.2) is 56.7 Å². The molecule has 0 radical (unpaired) electrons. The maximum absolute atomic E-state index is 12.2. The first-order valence-corrected chi connectivity index (χ1v) is 10.0. The summed E-state index contributed by atoms with van der Waals surface area (Å²) in [6, 6.07) is 14.2. The van der Waals surface area contributed by atoms with Gasteiger partial charge in [0.25, 0.3) is 0 Å². The summed E-state index contributed by atoms with van der Waals surface area (Å²) in [4.78, 5) is 39.2. The van der Waals surface area contributed by atoms with Crippen molar-refractivity contribution < 1.29 is 29.1 Å². The molecular formula is C20H19NO6Se. The third-order valence-electron chi connectivity index (χ3n) is 3.41. The van der Waals surface area contributed by atoms with Crippen LogP contribution in [0.3, 0.4) is 0 Å². The number of esters is 1. The Morgan fingerprint density at radius 1 is 0.929 bits per heavy atom. The number of rotatable bonds is 8. The second-order valence-corrected chi connectivity index (χ2v) is 8.01. The molecule has 2 aromatic carbocycles. The van der Waals surface area contributed by atoms with Crippen molar-refractivity contribution in [1.29, 1.82) is 0 Å². The molecule has 0 aliphatic rings. The van der Waals surface area contributed by atoms with E-state index in [2.05, 4.69) is 9.99 Å². The summed E-state index contributed by atoms with van der Waals surface area (Å²) in [6.07, 6.45) is 0. The molecule has 2 rings (SSSR count). The van der Waals surface area contributed by atoms with Gasteiger partial charge in [0, 0.05) is 0 Å². The molecule has 7 nitrogen and oxygen atoms in total. The summed E-state index contributed by atoms with van der Waals surface area (Å²) in [7, 11) is 0. The van der Waals surface area contributed by atoms with Gasteiger partial charge in [0.1, 0.15) is 0 Å². The summed E-state index contributed by atoms with van der Waals surface area (Å²) in [5, 5.41) is 12.2. The molecule has 0 spiro atoms. The van der Waals surface area contributed by atoms with Crippen molar-refractivity contribution in [3.8, 4) is 0 Å². The van der Waals surface area contributed by atoms with E-state index in [0.29, 0.717) is 11.1 Å². The van der Waals surface area contributed by atoms with Gasteiger partial charge < -0.3 is 0 Å². The number of carbonyl (C=O) groups is 3. The molecule has 146 valence electrons. The Kier molecular flexibility index (Phi) is 8.07. The van der Waals surface area contributed by atoms with Crippen LogP contribution in [-0.2, 0) is 14.4 Å². The summed E-state index contributed by atoms with van der Waals surface area (Å²) < 4.78 is 6.97. The van der Waals surface area contributed by atoms with Crippen molar-refractivity contribution in [2.45, 2.75) is 13.8 Å². The quantitative estimate of drug-likeness (QED) is 0.159. The Bertz CT molecular complexity index is 875. The van der Waals surface area contributed by atoms with Crippen molar-refractivity contribution in [2.75, 3.05) is 13.2 Å². The van der Waals surface area contributed by atoms with Crippen LogP contribution in [0, 0.1) is 0 Å². The number of oxime groups is 1. The van der Waals surface area contributed by atoms with E-state index in [4.69, 9.17) is 9.84 Å². The number of benzene rings is 2. The number of ether oxygens (including phenoxy) is 1. The van der Waals surface area contributed by atoms with E-state index < -0.39 is 11.9 Å². The second-order valence-electron chi connectivity index (χ2n) is 5.60. The van der Waals surface area contributed by atoms with Crippen molar-refractivity contribution in [3.63, 3.8) is 0 Å². The average molecular weight is 448 g/mol. The van der Waals surface area contributed by atoms with Crippen LogP contribution < -0.4 is 8.92 Å². The van der Waals surface area contributed by atoms with E-state index in [1.54, 1.807) is 24.3 Å². The molecule has 0 amide bonds. The first-order chi connectivity index (χ1) is 13.4. The Balaban J connectivity index is 2.00. The number of nitrogens with zero attached hydrogens (tertiary/aromatic N) is 1. The van der Waals surface area contributed by atoms with Crippen molar-refractivity contribution >= 4 is 47.3 Å². The molecule has 0 bridgehead atoms. The normalized spacial score (nSPS) is 11.0. The molecule has 2 aromatic rings. The Labute approximate surface area is 168 Å². The fraction of sp³-hybridized carbons (Fsp3) is 0.200. The molecule has 28 heavy (non-hydrogen) atoms. The predicted molar refractivity (Wildman–Crippen MR) is 104 cm³/mol. The molecule has 0 aliphatic heterocycles. The molecule has 0 saturated carbocycles. The van der Waals surface area contributed by atoms with E-state index >= 15 is 0 Å². The third-order valence-corrected chi connectivity index (χ3v) is 5.54. The Hall–Kier alpha value is -2.80. The topological polar surface area (TPSA) is 102 Å². The fourth-order valence-electron chi connectivity index (χ4n) is 2.07. The van der Waals surface area contributed by atoms with Gasteiger partial charge in [-0.2, -0.15) is 0 Å². The Morgan fingerprint density at radius 3 is 1.96 bits per heavy atom. The van der Waals surface area contributed by atoms with Crippen LogP contribution in [0.4, 0.5) is 0 Å². The van der Waals surface area contributed by atoms with Gasteiger partial charge in [-0.05, 0) is 0 Å². The van der Waals surface area contributed by atoms with Gasteiger partial charge in [-0.1, -0.05) is 0 Å². The summed E-state index contributed by atoms with van der Waals surface area (Å²) in [5.41, 5.74) is 0.976. The SMILES string of the molecule is CC(=O)O/N=C(\C)C(=O)c1ccc([Se]c2ccc(C(=O)OCCO)cc2)cc1. The fourth-order valence-corrected chi connectivity index (χ4v) is 3.79. The van der Waals surface area contributed by atoms with Gasteiger partial charge in [-0.15, -0.1) is 0 Å². The zero-order valence-electron chi connectivity index (χ0n) is 15.4. The number of aliphatic hydroxyl groups is 1. The Morgan fingerprint density at radius 2 is 1.46 bits per heavy atom. The van der Waals surface area contributed by atoms with E-state index in [-0.39, 0.29) is 39.7 Å². The molecule has 0 heterocycles. The summed E-state index contributed by atoms with van der Waals surface area (Å²) in [6.45, 7) is 2.46. The number of ketones is 1. The molecule has 0 fully saturated rings. The first-order valence-electron chi connectivity index (χ1n) is 8.33. The van der Waals surface area contributed by atoms with E-state index in [9.17, 15) is 14.4 Å². The van der Waals surface area contributed by atoms with Crippen LogP contribution >= 0.6 is 0 Å². The van der Waals surface area contributed by atoms with Crippen molar-refractivity contribution in [3.05, 3.63) is 59.7 Å². The molecule has 0 unspecified atom stereocenters.